The summed E-state index contributed by atoms with van der Waals surface area (Å²) >= 11 is 0. The fourth-order valence-electron chi connectivity index (χ4n) is 4.42. The number of carbonyl (C=O) groups excluding carboxylic acids is 3. The molecule has 0 aliphatic carbocycles. The molecule has 3 rings (SSSR count). The Bertz CT molecular complexity index is 779. The van der Waals surface area contributed by atoms with Crippen molar-refractivity contribution in [1.82, 2.24) is 20.6 Å². The Hall–Kier alpha value is -2.65. The van der Waals surface area contributed by atoms with Gasteiger partial charge in [-0.2, -0.15) is 0 Å². The highest BCUT2D eigenvalue weighted by atomic mass is 16.5. The molecule has 1 unspecified atom stereocenters. The Morgan fingerprint density at radius 1 is 1.13 bits per heavy atom. The molecule has 2 heterocycles. The second-order valence-corrected chi connectivity index (χ2v) is 8.61. The van der Waals surface area contributed by atoms with E-state index in [-0.39, 0.29) is 23.8 Å². The molecule has 3 N–H and O–H groups in total. The molecular weight excluding hydrogens is 398 g/mol. The largest absolute Gasteiger partial charge is 0.368 e. The van der Waals surface area contributed by atoms with Crippen LogP contribution in [0.3, 0.4) is 0 Å². The highest BCUT2D eigenvalue weighted by Gasteiger charge is 2.43. The van der Waals surface area contributed by atoms with Crippen LogP contribution >= 0.6 is 0 Å². The molecule has 9 nitrogen and oxygen atoms in total. The molecule has 0 spiro atoms. The maximum atomic E-state index is 13.2. The number of hydroxylamine groups is 1. The summed E-state index contributed by atoms with van der Waals surface area (Å²) in [5.41, 5.74) is 2.83. The number of amides is 3. The highest BCUT2D eigenvalue weighted by Crippen LogP contribution is 2.24. The molecule has 2 aliphatic heterocycles. The van der Waals surface area contributed by atoms with Crippen molar-refractivity contribution in [1.29, 1.82) is 0 Å². The summed E-state index contributed by atoms with van der Waals surface area (Å²) in [5.74, 6) is -1.68. The van der Waals surface area contributed by atoms with E-state index >= 15 is 0 Å². The van der Waals surface area contributed by atoms with Gasteiger partial charge in [0.1, 0.15) is 0 Å². The Balaban J connectivity index is 1.65. The summed E-state index contributed by atoms with van der Waals surface area (Å²) < 4.78 is 0. The summed E-state index contributed by atoms with van der Waals surface area (Å²) in [6.45, 7) is 6.64. The number of benzene rings is 1. The van der Waals surface area contributed by atoms with Crippen molar-refractivity contribution in [3.63, 3.8) is 0 Å². The minimum absolute atomic E-state index is 0.0169. The lowest BCUT2D eigenvalue weighted by atomic mass is 9.85. The van der Waals surface area contributed by atoms with E-state index in [9.17, 15) is 19.6 Å². The number of hydrogen-bond acceptors (Lipinski definition) is 6. The molecule has 0 saturated carbocycles. The Morgan fingerprint density at radius 3 is 2.35 bits per heavy atom. The Morgan fingerprint density at radius 2 is 1.77 bits per heavy atom. The van der Waals surface area contributed by atoms with Gasteiger partial charge in [-0.1, -0.05) is 32.0 Å². The summed E-state index contributed by atoms with van der Waals surface area (Å²) in [5, 5.41) is 12.4. The zero-order valence-corrected chi connectivity index (χ0v) is 18.5. The molecule has 31 heavy (non-hydrogen) atoms. The molecule has 1 aromatic rings. The summed E-state index contributed by atoms with van der Waals surface area (Å²) in [6.07, 6.45) is 0.314. The number of likely N-dealkylation sites (N-methyl/N-ethyl adjacent to an activating group) is 1. The van der Waals surface area contributed by atoms with Gasteiger partial charge in [0.15, 0.2) is 0 Å². The lowest BCUT2D eigenvalue weighted by Crippen LogP contribution is -2.63. The number of rotatable bonds is 5. The normalized spacial score (nSPS) is 24.1. The van der Waals surface area contributed by atoms with Crippen LogP contribution in [0, 0.1) is 11.8 Å². The van der Waals surface area contributed by atoms with E-state index in [2.05, 4.69) is 22.3 Å². The third-order valence-corrected chi connectivity index (χ3v) is 6.32. The van der Waals surface area contributed by atoms with E-state index in [1.54, 1.807) is 22.3 Å². The lowest BCUT2D eigenvalue weighted by molar-refractivity contribution is -0.146. The highest BCUT2D eigenvalue weighted by molar-refractivity contribution is 5.90. The molecule has 2 fully saturated rings. The number of carbonyl (C=O) groups is 3. The van der Waals surface area contributed by atoms with Crippen molar-refractivity contribution in [3.8, 4) is 0 Å². The van der Waals surface area contributed by atoms with E-state index in [0.717, 1.165) is 5.69 Å². The molecule has 2 saturated heterocycles. The van der Waals surface area contributed by atoms with Crippen LogP contribution in [0.2, 0.25) is 0 Å². The van der Waals surface area contributed by atoms with Crippen LogP contribution in [-0.4, -0.2) is 84.6 Å². The van der Waals surface area contributed by atoms with Gasteiger partial charge < -0.3 is 20.0 Å². The van der Waals surface area contributed by atoms with Crippen molar-refractivity contribution in [2.75, 3.05) is 44.7 Å². The van der Waals surface area contributed by atoms with Crippen LogP contribution in [0.25, 0.3) is 0 Å². The van der Waals surface area contributed by atoms with Crippen molar-refractivity contribution in [2.45, 2.75) is 32.4 Å². The van der Waals surface area contributed by atoms with Crippen molar-refractivity contribution < 1.29 is 19.6 Å². The number of piperidine rings is 1. The summed E-state index contributed by atoms with van der Waals surface area (Å²) in [4.78, 5) is 43.6. The zero-order valence-electron chi connectivity index (χ0n) is 18.5. The van der Waals surface area contributed by atoms with Gasteiger partial charge in [0.2, 0.25) is 17.7 Å². The zero-order chi connectivity index (χ0) is 22.5. The molecule has 0 bridgehead atoms. The third-order valence-electron chi connectivity index (χ3n) is 6.32. The number of anilines is 1. The number of nitrogens with one attached hydrogen (secondary N) is 2. The number of hydrogen-bond donors (Lipinski definition) is 3. The average Bonchev–Trinajstić information content (AvgIpc) is 2.82. The number of piperazine rings is 1. The predicted octanol–water partition coefficient (Wildman–Crippen LogP) is 0.302. The van der Waals surface area contributed by atoms with Crippen LogP contribution in [0.5, 0.6) is 0 Å². The van der Waals surface area contributed by atoms with Crippen LogP contribution in [0.4, 0.5) is 5.69 Å². The molecular formula is C22H33N5O4. The van der Waals surface area contributed by atoms with E-state index in [0.29, 0.717) is 39.1 Å². The van der Waals surface area contributed by atoms with E-state index in [4.69, 9.17) is 0 Å². The van der Waals surface area contributed by atoms with E-state index < -0.39 is 17.9 Å². The van der Waals surface area contributed by atoms with Crippen LogP contribution in [0.15, 0.2) is 30.3 Å². The quantitative estimate of drug-likeness (QED) is 0.458. The minimum Gasteiger partial charge on any atom is -0.368 e. The molecule has 170 valence electrons. The van der Waals surface area contributed by atoms with Gasteiger partial charge in [0.05, 0.1) is 12.0 Å². The first-order valence-corrected chi connectivity index (χ1v) is 10.9. The van der Waals surface area contributed by atoms with Gasteiger partial charge >= 0.3 is 0 Å². The predicted molar refractivity (Wildman–Crippen MR) is 116 cm³/mol. The van der Waals surface area contributed by atoms with Crippen molar-refractivity contribution in [2.24, 2.45) is 11.8 Å². The van der Waals surface area contributed by atoms with Gasteiger partial charge in [-0.05, 0) is 18.6 Å². The topological polar surface area (TPSA) is 105 Å². The number of para-hydroxylation sites is 1. The average molecular weight is 432 g/mol. The summed E-state index contributed by atoms with van der Waals surface area (Å²) in [7, 11) is 1.72. The Labute approximate surface area is 183 Å². The van der Waals surface area contributed by atoms with Gasteiger partial charge in [0.25, 0.3) is 0 Å². The lowest BCUT2D eigenvalue weighted by Gasteiger charge is -2.43. The second-order valence-electron chi connectivity index (χ2n) is 8.61. The monoisotopic (exact) mass is 431 g/mol. The van der Waals surface area contributed by atoms with Crippen LogP contribution in [-0.2, 0) is 14.4 Å². The maximum Gasteiger partial charge on any atom is 0.248 e. The molecule has 9 heteroatoms. The first kappa shape index (κ1) is 23.0. The molecule has 2 aliphatic rings. The molecule has 3 atom stereocenters. The standard InChI is InChI=1S/C22H33N5O4/c1-15(2)21(29)25(3)17-13-18(20(28)24-31)19(23-14-17)22(30)27-11-9-26(10-12-27)16-7-5-4-6-8-16/h4-8,15,17-19,23,31H,9-14H2,1-3H3,(H,24,28)/t17?,18-,19-/m0/s1. The minimum atomic E-state index is -0.759. The van der Waals surface area contributed by atoms with Gasteiger partial charge in [0, 0.05) is 57.4 Å². The fourth-order valence-corrected chi connectivity index (χ4v) is 4.42. The molecule has 1 aromatic carbocycles. The first-order valence-electron chi connectivity index (χ1n) is 10.9. The molecule has 0 radical (unpaired) electrons. The SMILES string of the molecule is CC(C)C(=O)N(C)C1CN[C@H](C(=O)N2CCN(c3ccccc3)CC2)[C@@H](C(=O)NO)C1. The first-order chi connectivity index (χ1) is 14.8. The summed E-state index contributed by atoms with van der Waals surface area (Å²) in [6, 6.07) is 9.12. The second kappa shape index (κ2) is 10.1. The van der Waals surface area contributed by atoms with Gasteiger partial charge in [-0.25, -0.2) is 5.48 Å². The fraction of sp³-hybridized carbons (Fsp3) is 0.591. The number of nitrogens with zero attached hydrogens (tertiary/aromatic N) is 3. The third kappa shape index (κ3) is 5.16. The van der Waals surface area contributed by atoms with Crippen LogP contribution < -0.4 is 15.7 Å². The van der Waals surface area contributed by atoms with Gasteiger partial charge in [-0.15, -0.1) is 0 Å². The smallest absolute Gasteiger partial charge is 0.248 e. The van der Waals surface area contributed by atoms with Crippen molar-refractivity contribution in [3.05, 3.63) is 30.3 Å². The maximum absolute atomic E-state index is 13.2. The van der Waals surface area contributed by atoms with Gasteiger partial charge in [-0.3, -0.25) is 19.6 Å². The van der Waals surface area contributed by atoms with E-state index in [1.807, 2.05) is 32.0 Å². The Kier molecular flexibility index (Phi) is 7.50. The van der Waals surface area contributed by atoms with Crippen molar-refractivity contribution >= 4 is 23.4 Å². The molecule has 3 amide bonds. The van der Waals surface area contributed by atoms with E-state index in [1.165, 1.54) is 0 Å². The molecule has 0 aromatic heterocycles. The van der Waals surface area contributed by atoms with Crippen LogP contribution in [0.1, 0.15) is 20.3 Å².